The van der Waals surface area contributed by atoms with Crippen LogP contribution >= 0.6 is 23.2 Å². The van der Waals surface area contributed by atoms with Gasteiger partial charge in [0, 0.05) is 10.9 Å². The van der Waals surface area contributed by atoms with Crippen LogP contribution in [0.1, 0.15) is 24.2 Å². The Balaban J connectivity index is 2.89. The zero-order chi connectivity index (χ0) is 11.9. The van der Waals surface area contributed by atoms with E-state index in [1.54, 1.807) is 13.0 Å². The lowest BCUT2D eigenvalue weighted by atomic mass is 10.0. The summed E-state index contributed by atoms with van der Waals surface area (Å²) >= 11 is 12.0. The molecule has 16 heavy (non-hydrogen) atoms. The van der Waals surface area contributed by atoms with Gasteiger partial charge in [0.25, 0.3) is 0 Å². The van der Waals surface area contributed by atoms with Crippen LogP contribution in [0.15, 0.2) is 18.2 Å². The molecule has 2 rings (SSSR count). The van der Waals surface area contributed by atoms with Gasteiger partial charge < -0.3 is 5.11 Å². The first kappa shape index (κ1) is 11.6. The van der Waals surface area contributed by atoms with E-state index in [1.807, 2.05) is 19.1 Å². The molecule has 0 bridgehead atoms. The lowest BCUT2D eigenvalue weighted by molar-refractivity contribution is 0.200. The summed E-state index contributed by atoms with van der Waals surface area (Å²) in [5.74, 6) is 0. The van der Waals surface area contributed by atoms with Crippen molar-refractivity contribution in [1.29, 1.82) is 0 Å². The summed E-state index contributed by atoms with van der Waals surface area (Å²) in [6.45, 7) is 3.65. The quantitative estimate of drug-likeness (QED) is 0.785. The Morgan fingerprint density at radius 3 is 2.56 bits per heavy atom. The first-order chi connectivity index (χ1) is 7.49. The molecular formula is C12H11Cl2NO. The first-order valence-corrected chi connectivity index (χ1v) is 5.69. The van der Waals surface area contributed by atoms with Crippen LogP contribution in [0.5, 0.6) is 0 Å². The van der Waals surface area contributed by atoms with Gasteiger partial charge in [-0.1, -0.05) is 29.3 Å². The Morgan fingerprint density at radius 2 is 1.94 bits per heavy atom. The highest BCUT2D eigenvalue weighted by molar-refractivity contribution is 6.37. The fraction of sp³-hybridized carbons (Fsp3) is 0.250. The van der Waals surface area contributed by atoms with Crippen molar-refractivity contribution in [3.05, 3.63) is 39.5 Å². The van der Waals surface area contributed by atoms with Gasteiger partial charge in [-0.3, -0.25) is 0 Å². The number of aromatic nitrogens is 1. The number of aliphatic hydroxyl groups excluding tert-OH is 1. The van der Waals surface area contributed by atoms with Crippen molar-refractivity contribution >= 4 is 34.1 Å². The van der Waals surface area contributed by atoms with Crippen molar-refractivity contribution in [3.8, 4) is 0 Å². The van der Waals surface area contributed by atoms with E-state index in [2.05, 4.69) is 4.98 Å². The molecule has 1 unspecified atom stereocenters. The molecule has 0 aliphatic rings. The molecule has 0 radical (unpaired) electrons. The average molecular weight is 256 g/mol. The highest BCUT2D eigenvalue weighted by Gasteiger charge is 2.12. The number of aliphatic hydroxyl groups is 1. The smallest absolute Gasteiger partial charge is 0.131 e. The van der Waals surface area contributed by atoms with Crippen molar-refractivity contribution < 1.29 is 5.11 Å². The maximum absolute atomic E-state index is 9.70. The van der Waals surface area contributed by atoms with Crippen LogP contribution in [0.25, 0.3) is 10.9 Å². The summed E-state index contributed by atoms with van der Waals surface area (Å²) in [5.41, 5.74) is 2.45. The molecule has 1 aromatic heterocycles. The minimum Gasteiger partial charge on any atom is -0.389 e. The Kier molecular flexibility index (Phi) is 3.06. The molecule has 0 amide bonds. The fourth-order valence-corrected chi connectivity index (χ4v) is 2.25. The van der Waals surface area contributed by atoms with Gasteiger partial charge in [-0.05, 0) is 31.5 Å². The molecule has 2 nitrogen and oxygen atoms in total. The SMILES string of the molecule is Cc1cc(C(C)O)c2nc(Cl)cc(Cl)c2c1. The summed E-state index contributed by atoms with van der Waals surface area (Å²) in [6, 6.07) is 5.44. The van der Waals surface area contributed by atoms with Crippen molar-refractivity contribution in [1.82, 2.24) is 4.98 Å². The van der Waals surface area contributed by atoms with Gasteiger partial charge in [0.1, 0.15) is 5.15 Å². The molecule has 84 valence electrons. The third kappa shape index (κ3) is 2.01. The third-order valence-corrected chi connectivity index (χ3v) is 2.96. The molecule has 0 saturated carbocycles. The zero-order valence-electron chi connectivity index (χ0n) is 8.96. The molecule has 1 N–H and O–H groups in total. The van der Waals surface area contributed by atoms with Gasteiger partial charge >= 0.3 is 0 Å². The minimum atomic E-state index is -0.593. The third-order valence-electron chi connectivity index (χ3n) is 2.46. The van der Waals surface area contributed by atoms with Gasteiger partial charge in [-0.2, -0.15) is 0 Å². The van der Waals surface area contributed by atoms with Crippen LogP contribution in [-0.4, -0.2) is 10.1 Å². The monoisotopic (exact) mass is 255 g/mol. The number of halogens is 2. The molecule has 0 fully saturated rings. The van der Waals surface area contributed by atoms with Crippen LogP contribution in [-0.2, 0) is 0 Å². The maximum Gasteiger partial charge on any atom is 0.131 e. The number of aryl methyl sites for hydroxylation is 1. The van der Waals surface area contributed by atoms with Crippen molar-refractivity contribution in [3.63, 3.8) is 0 Å². The van der Waals surface area contributed by atoms with Crippen LogP contribution in [0, 0.1) is 6.92 Å². The number of nitrogens with zero attached hydrogens (tertiary/aromatic N) is 1. The number of rotatable bonds is 1. The van der Waals surface area contributed by atoms with Crippen LogP contribution < -0.4 is 0 Å². The Bertz CT molecular complexity index is 552. The predicted molar refractivity (Wildman–Crippen MR) is 67.1 cm³/mol. The molecule has 1 atom stereocenters. The lowest BCUT2D eigenvalue weighted by Gasteiger charge is -2.11. The number of pyridine rings is 1. The van der Waals surface area contributed by atoms with Crippen LogP contribution in [0.2, 0.25) is 10.2 Å². The number of hydrogen-bond acceptors (Lipinski definition) is 2. The number of benzene rings is 1. The van der Waals surface area contributed by atoms with Crippen molar-refractivity contribution in [2.75, 3.05) is 0 Å². The van der Waals surface area contributed by atoms with Gasteiger partial charge in [0.2, 0.25) is 0 Å². The number of hydrogen-bond donors (Lipinski definition) is 1. The lowest BCUT2D eigenvalue weighted by Crippen LogP contribution is -1.96. The highest BCUT2D eigenvalue weighted by atomic mass is 35.5. The summed E-state index contributed by atoms with van der Waals surface area (Å²) < 4.78 is 0. The van der Waals surface area contributed by atoms with Crippen molar-refractivity contribution in [2.24, 2.45) is 0 Å². The summed E-state index contributed by atoms with van der Waals surface area (Å²) in [4.78, 5) is 4.22. The second kappa shape index (κ2) is 4.21. The molecule has 4 heteroatoms. The molecule has 0 spiro atoms. The number of fused-ring (bicyclic) bond motifs is 1. The predicted octanol–water partition coefficient (Wildman–Crippen LogP) is 3.90. The van der Waals surface area contributed by atoms with Crippen LogP contribution in [0.3, 0.4) is 0 Å². The molecule has 0 aliphatic heterocycles. The largest absolute Gasteiger partial charge is 0.389 e. The highest BCUT2D eigenvalue weighted by Crippen LogP contribution is 2.31. The second-order valence-corrected chi connectivity index (χ2v) is 4.65. The molecule has 2 aromatic rings. The van der Waals surface area contributed by atoms with E-state index >= 15 is 0 Å². The van der Waals surface area contributed by atoms with E-state index in [0.717, 1.165) is 16.5 Å². The van der Waals surface area contributed by atoms with E-state index in [0.29, 0.717) is 15.7 Å². The summed E-state index contributed by atoms with van der Waals surface area (Å²) in [5, 5.41) is 11.4. The molecule has 1 heterocycles. The van der Waals surface area contributed by atoms with Gasteiger partial charge in [-0.15, -0.1) is 0 Å². The first-order valence-electron chi connectivity index (χ1n) is 4.93. The molecule has 0 saturated heterocycles. The standard InChI is InChI=1S/C12H11Cl2NO/c1-6-3-8(7(2)16)12-9(4-6)10(13)5-11(14)15-12/h3-5,7,16H,1-2H3. The zero-order valence-corrected chi connectivity index (χ0v) is 10.5. The van der Waals surface area contributed by atoms with E-state index in [9.17, 15) is 5.11 Å². The normalized spacial score (nSPS) is 13.1. The maximum atomic E-state index is 9.70. The Hall–Kier alpha value is -0.830. The van der Waals surface area contributed by atoms with Gasteiger partial charge in [0.15, 0.2) is 0 Å². The Morgan fingerprint density at radius 1 is 1.25 bits per heavy atom. The second-order valence-electron chi connectivity index (χ2n) is 3.85. The van der Waals surface area contributed by atoms with Gasteiger partial charge in [-0.25, -0.2) is 4.98 Å². The molecular weight excluding hydrogens is 245 g/mol. The van der Waals surface area contributed by atoms with Crippen molar-refractivity contribution in [2.45, 2.75) is 20.0 Å². The summed E-state index contributed by atoms with van der Waals surface area (Å²) in [6.07, 6.45) is -0.593. The molecule has 1 aromatic carbocycles. The Labute approximate surface area is 104 Å². The van der Waals surface area contributed by atoms with E-state index in [-0.39, 0.29) is 0 Å². The fourth-order valence-electron chi connectivity index (χ4n) is 1.75. The topological polar surface area (TPSA) is 33.1 Å². The van der Waals surface area contributed by atoms with E-state index < -0.39 is 6.10 Å². The van der Waals surface area contributed by atoms with Crippen LogP contribution in [0.4, 0.5) is 0 Å². The molecule has 0 aliphatic carbocycles. The minimum absolute atomic E-state index is 0.336. The van der Waals surface area contributed by atoms with Gasteiger partial charge in [0.05, 0.1) is 16.6 Å². The average Bonchev–Trinajstić information content (AvgIpc) is 2.18. The van der Waals surface area contributed by atoms with E-state index in [1.165, 1.54) is 0 Å². The van der Waals surface area contributed by atoms with E-state index in [4.69, 9.17) is 23.2 Å². The summed E-state index contributed by atoms with van der Waals surface area (Å²) in [7, 11) is 0.